The number of nitrogens with zero attached hydrogens (tertiary/aromatic N) is 9. The largest absolute Gasteiger partial charge is 0.392 e. The van der Waals surface area contributed by atoms with E-state index in [2.05, 4.69) is 98.1 Å². The van der Waals surface area contributed by atoms with Crippen molar-refractivity contribution in [3.05, 3.63) is 171 Å². The van der Waals surface area contributed by atoms with Crippen LogP contribution in [0.1, 0.15) is 127 Å². The average Bonchev–Trinajstić information content (AvgIpc) is 1.71. The number of ketones is 2. The molecule has 5 amide bonds. The van der Waals surface area contributed by atoms with Gasteiger partial charge in [0.25, 0.3) is 41.1 Å². The minimum atomic E-state index is -0.729. The summed E-state index contributed by atoms with van der Waals surface area (Å²) in [4.78, 5) is 118. The van der Waals surface area contributed by atoms with E-state index in [1.807, 2.05) is 65.1 Å². The fraction of sp³-hybridized carbons (Fsp3) is 0.434. The first-order chi connectivity index (χ1) is 50.3. The van der Waals surface area contributed by atoms with Crippen molar-refractivity contribution >= 4 is 143 Å². The van der Waals surface area contributed by atoms with Gasteiger partial charge in [0.15, 0.2) is 0 Å². The Morgan fingerprint density at radius 3 is 1.33 bits per heavy atom. The van der Waals surface area contributed by atoms with Gasteiger partial charge in [-0.2, -0.15) is 0 Å². The van der Waals surface area contributed by atoms with E-state index in [0.29, 0.717) is 94.6 Å². The highest BCUT2D eigenvalue weighted by atomic mass is 35.5. The molecule has 105 heavy (non-hydrogen) atoms. The summed E-state index contributed by atoms with van der Waals surface area (Å²) in [5.41, 5.74) is 3.45. The molecule has 0 unspecified atom stereocenters. The number of fused-ring (bicyclic) bond motifs is 3. The van der Waals surface area contributed by atoms with Crippen molar-refractivity contribution in [1.29, 1.82) is 0 Å². The van der Waals surface area contributed by atoms with E-state index >= 15 is 0 Å². The number of nitrogens with one attached hydrogen (secondary N) is 3. The zero-order valence-electron chi connectivity index (χ0n) is 59.6. The molecule has 15 rings (SSSR count). The van der Waals surface area contributed by atoms with E-state index in [4.69, 9.17) is 45.8 Å². The second-order valence-electron chi connectivity index (χ2n) is 28.5. The highest BCUT2D eigenvalue weighted by Crippen LogP contribution is 2.35. The van der Waals surface area contributed by atoms with Crippen molar-refractivity contribution in [2.75, 3.05) is 84.4 Å². The molecule has 0 radical (unpaired) electrons. The maximum absolute atomic E-state index is 13.7. The van der Waals surface area contributed by atoms with Crippen molar-refractivity contribution in [2.24, 2.45) is 0 Å². The number of Topliss-reactive ketones (excluding diaryl/α,β-unsaturated/α-hetero) is 2. The van der Waals surface area contributed by atoms with Gasteiger partial charge in [0.05, 0.1) is 66.7 Å². The Balaban J connectivity index is 0.000000144. The third kappa shape index (κ3) is 17.5. The summed E-state index contributed by atoms with van der Waals surface area (Å²) >= 11 is 24.7. The molecule has 6 aliphatic heterocycles. The van der Waals surface area contributed by atoms with Gasteiger partial charge in [-0.15, -0.1) is 34.0 Å². The highest BCUT2D eigenvalue weighted by Gasteiger charge is 2.39. The lowest BCUT2D eigenvalue weighted by Gasteiger charge is -2.44. The van der Waals surface area contributed by atoms with Crippen LogP contribution >= 0.6 is 68.8 Å². The van der Waals surface area contributed by atoms with E-state index in [-0.39, 0.29) is 88.8 Å². The monoisotopic (exact) mass is 1550 g/mol. The van der Waals surface area contributed by atoms with E-state index in [0.717, 1.165) is 69.7 Å². The van der Waals surface area contributed by atoms with Gasteiger partial charge in [-0.3, -0.25) is 52.9 Å². The van der Waals surface area contributed by atoms with Crippen molar-refractivity contribution in [3.8, 4) is 0 Å². The number of hydrogen-bond acceptors (Lipinski definition) is 18. The van der Waals surface area contributed by atoms with Crippen LogP contribution in [0.25, 0.3) is 32.7 Å². The predicted octanol–water partition coefficient (Wildman–Crippen LogP) is 9.93. The number of aliphatic hydroxyl groups is 3. The van der Waals surface area contributed by atoms with Crippen LogP contribution in [0.4, 0.5) is 0 Å². The number of benzene rings is 3. The number of β-amino-alcohol motifs (C(OH)–C–C–N with tert-alkyl or cyclic N) is 3. The van der Waals surface area contributed by atoms with Gasteiger partial charge in [-0.25, -0.2) is 0 Å². The van der Waals surface area contributed by atoms with Gasteiger partial charge in [-0.05, 0) is 144 Å². The van der Waals surface area contributed by atoms with Crippen LogP contribution in [0.15, 0.2) is 114 Å². The number of aliphatic hydroxyl groups excluding tert-OH is 3. The van der Waals surface area contributed by atoms with E-state index in [1.165, 1.54) is 41.5 Å². The zero-order chi connectivity index (χ0) is 74.7. The molecular weight excluding hydrogens is 1460 g/mol. The normalized spacial score (nSPS) is 23.1. The van der Waals surface area contributed by atoms with Crippen molar-refractivity contribution in [3.63, 3.8) is 0 Å². The number of rotatable bonds is 13. The quantitative estimate of drug-likeness (QED) is 0.0321. The van der Waals surface area contributed by atoms with Gasteiger partial charge in [-0.1, -0.05) is 53.0 Å². The number of thiophene rings is 3. The van der Waals surface area contributed by atoms with Gasteiger partial charge in [0.1, 0.15) is 0 Å². The Kier molecular flexibility index (Phi) is 24.8. The van der Waals surface area contributed by atoms with Gasteiger partial charge in [0.2, 0.25) is 0 Å². The average molecular weight is 1550 g/mol. The summed E-state index contributed by atoms with van der Waals surface area (Å²) in [7, 11) is 0. The van der Waals surface area contributed by atoms with Crippen molar-refractivity contribution in [1.82, 2.24) is 59.2 Å². The lowest BCUT2D eigenvalue weighted by Crippen LogP contribution is -2.57. The Labute approximate surface area is 636 Å². The lowest BCUT2D eigenvalue weighted by molar-refractivity contribution is -0.126. The van der Waals surface area contributed by atoms with Crippen LogP contribution in [0, 0.1) is 0 Å². The Morgan fingerprint density at radius 1 is 0.486 bits per heavy atom. The lowest BCUT2D eigenvalue weighted by atomic mass is 10.0. The third-order valence-corrected chi connectivity index (χ3v) is 24.3. The molecule has 6 aliphatic rings. The first kappa shape index (κ1) is 77.1. The number of nitrogen functional groups attached to an aromatic ring is 1. The summed E-state index contributed by atoms with van der Waals surface area (Å²) in [6.07, 6.45) is 5.25. The highest BCUT2D eigenvalue weighted by molar-refractivity contribution is 7.10. The summed E-state index contributed by atoms with van der Waals surface area (Å²) < 4.78 is 1.24. The standard InChI is InChI=1S/C26H30ClN5O4S.C26H29ClN4O4S.C20H22ClN3OS.C4H9NO/c1-15-11-31(16(2)10-30(15)13-18-4-3-7-37-18)25(35)20-8-19-21(14-32(28)23(19)9-22(20)27)24(34)26(36)29-6-5-17(33)12-29;1-15-12-31(16(2)11-30(15)14-18-4-3-7-36-18)25(34)20-8-19-21(10-28-23(19)9-22(20)27)24(33)26(35)29-6-5-17(32)13-29;1-13-11-24(14(2)10-23(13)12-16-4-3-7-26-16)20(25)17-8-15-5-6-22-19(15)9-18(17)21;6-4-1-2-5-3-4/h3-4,7-9,14-17,33H,5-6,10-13,28H2,1-2H3;3-4,7-10,15-17,28,32H,5-6,11-14H2,1-2H3;3-9,13-14,22H,10-12H2,1-2H3;4-6H,1-3H2/t2*15-,16+,17+;13-,14+;4-/m0001/s1. The molecule has 558 valence electrons. The second-order valence-corrected chi connectivity index (χ2v) is 32.8. The fourth-order valence-corrected chi connectivity index (χ4v) is 17.7. The Hall–Kier alpha value is -7.54. The smallest absolute Gasteiger partial charge is 0.295 e. The predicted molar refractivity (Wildman–Crippen MR) is 414 cm³/mol. The number of halogens is 3. The first-order valence-electron chi connectivity index (χ1n) is 35.6. The van der Waals surface area contributed by atoms with Crippen LogP contribution in [-0.2, 0) is 29.2 Å². The van der Waals surface area contributed by atoms with Crippen molar-refractivity contribution in [2.45, 2.75) is 135 Å². The number of carbonyl (C=O) groups excluding carboxylic acids is 7. The Morgan fingerprint density at radius 2 is 0.924 bits per heavy atom. The fourth-order valence-electron chi connectivity index (χ4n) is 14.7. The minimum Gasteiger partial charge on any atom is -0.392 e. The van der Waals surface area contributed by atoms with E-state index < -0.39 is 35.6 Å². The number of hydrogen-bond donors (Lipinski definition) is 7. The number of H-pyrrole nitrogens is 2. The Bertz CT molecular complexity index is 4600. The number of nitrogens with two attached hydrogens (primary N) is 1. The van der Waals surface area contributed by atoms with Gasteiger partial charge in [0, 0.05) is 188 Å². The first-order valence-corrected chi connectivity index (χ1v) is 39.4. The molecular formula is C76H90Cl3N13O10S3. The van der Waals surface area contributed by atoms with Crippen molar-refractivity contribution < 1.29 is 48.9 Å². The molecule has 9 aromatic rings. The molecule has 6 fully saturated rings. The molecule has 0 bridgehead atoms. The minimum absolute atomic E-state index is 0.0177. The second kappa shape index (κ2) is 33.7. The van der Waals surface area contributed by atoms with Crippen LogP contribution in [-0.4, -0.2) is 243 Å². The molecule has 6 saturated heterocycles. The van der Waals surface area contributed by atoms with Gasteiger partial charge < -0.3 is 60.9 Å². The number of piperazine rings is 3. The molecule has 3 aromatic carbocycles. The molecule has 0 aliphatic carbocycles. The zero-order valence-corrected chi connectivity index (χ0v) is 64.3. The number of carbonyl (C=O) groups is 7. The molecule has 9 atom stereocenters. The summed E-state index contributed by atoms with van der Waals surface area (Å²) in [6, 6.07) is 25.4. The van der Waals surface area contributed by atoms with Crippen LogP contribution in [0.5, 0.6) is 0 Å². The van der Waals surface area contributed by atoms with E-state index in [9.17, 15) is 43.8 Å². The summed E-state index contributed by atoms with van der Waals surface area (Å²) in [5.74, 6) is 2.94. The SMILES string of the molecule is C[C@@H]1CN(Cc2cccs2)[C@@H](C)CN1C(=O)c1cc2c(C(=O)C(=O)N3CC[C@@H](O)C3)c[nH]c2cc1Cl.C[C@@H]1CN(Cc2cccs2)[C@@H](C)CN1C(=O)c1cc2c(C(=O)C(=O)N3CC[C@@H](O)C3)cn(N)c2cc1Cl.C[C@@H]1CN(Cc2cccs2)[C@@H](C)CN1C(=O)c1cc2cc[nH]c2cc1Cl.O[C@@H]1CCNC1. The molecule has 6 aromatic heterocycles. The molecule has 0 spiro atoms. The maximum atomic E-state index is 13.7. The summed E-state index contributed by atoms with van der Waals surface area (Å²) in [5, 5.41) is 40.4. The number of amides is 5. The van der Waals surface area contributed by atoms with Crippen LogP contribution in [0.2, 0.25) is 15.1 Å². The van der Waals surface area contributed by atoms with Crippen LogP contribution in [0.3, 0.4) is 0 Å². The molecule has 0 saturated carbocycles. The summed E-state index contributed by atoms with van der Waals surface area (Å²) in [6.45, 7) is 22.1. The number of aromatic amines is 2. The number of aromatic nitrogens is 3. The molecule has 29 heteroatoms. The maximum Gasteiger partial charge on any atom is 0.295 e. The van der Waals surface area contributed by atoms with Crippen LogP contribution < -0.4 is 11.2 Å². The number of likely N-dealkylation sites (tertiary alicyclic amines) is 2. The van der Waals surface area contributed by atoms with E-state index in [1.54, 1.807) is 58.3 Å². The molecule has 12 heterocycles. The van der Waals surface area contributed by atoms with Gasteiger partial charge >= 0.3 is 0 Å². The third-order valence-electron chi connectivity index (χ3n) is 20.8. The molecule has 8 N–H and O–H groups in total. The molecule has 23 nitrogen and oxygen atoms in total. The topological polar surface area (TPSA) is 281 Å².